The number of carbonyl (C=O) groups excluding carboxylic acids is 1. The van der Waals surface area contributed by atoms with Gasteiger partial charge in [0.25, 0.3) is 0 Å². The lowest BCUT2D eigenvalue weighted by molar-refractivity contribution is -0.141. The summed E-state index contributed by atoms with van der Waals surface area (Å²) in [5, 5.41) is 14.1. The predicted octanol–water partition coefficient (Wildman–Crippen LogP) is 2.79. The summed E-state index contributed by atoms with van der Waals surface area (Å²) in [5.74, 6) is 0.0364. The van der Waals surface area contributed by atoms with E-state index >= 15 is 0 Å². The van der Waals surface area contributed by atoms with Gasteiger partial charge < -0.3 is 14.8 Å². The first-order chi connectivity index (χ1) is 11.0. The van der Waals surface area contributed by atoms with Crippen molar-refractivity contribution in [3.63, 3.8) is 0 Å². The predicted molar refractivity (Wildman–Crippen MR) is 87.3 cm³/mol. The Morgan fingerprint density at radius 1 is 1.48 bits per heavy atom. The van der Waals surface area contributed by atoms with Crippen molar-refractivity contribution in [3.8, 4) is 10.8 Å². The number of nitrogens with one attached hydrogen (secondary N) is 1. The van der Waals surface area contributed by atoms with Gasteiger partial charge in [-0.05, 0) is 32.4 Å². The van der Waals surface area contributed by atoms with Crippen molar-refractivity contribution in [2.45, 2.75) is 32.7 Å². The zero-order valence-electron chi connectivity index (χ0n) is 12.9. The van der Waals surface area contributed by atoms with Crippen LogP contribution in [0.4, 0.5) is 0 Å². The Morgan fingerprint density at radius 3 is 2.87 bits per heavy atom. The number of amides is 1. The molecule has 0 spiro atoms. The van der Waals surface area contributed by atoms with Gasteiger partial charge in [0, 0.05) is 5.38 Å². The molecule has 1 amide bonds. The van der Waals surface area contributed by atoms with Crippen LogP contribution in [0.2, 0.25) is 0 Å². The highest BCUT2D eigenvalue weighted by Crippen LogP contribution is 2.25. The molecule has 0 radical (unpaired) electrons. The van der Waals surface area contributed by atoms with Crippen LogP contribution in [0.25, 0.3) is 10.8 Å². The van der Waals surface area contributed by atoms with E-state index in [1.807, 2.05) is 19.1 Å². The standard InChI is InChI=1S/C16H18N2O4S/c1-3-4-5-12(16(20)21)18-14(19)8-11-9-23-15(17-11)13-7-6-10(2)22-13/h3-4,6-7,9,12H,5,8H2,1-2H3,(H,18,19)(H,20,21)/b4-3+. The van der Waals surface area contributed by atoms with Crippen LogP contribution in [0, 0.1) is 6.92 Å². The minimum Gasteiger partial charge on any atom is -0.480 e. The molecule has 0 bridgehead atoms. The second-order valence-corrected chi connectivity index (χ2v) is 5.85. The highest BCUT2D eigenvalue weighted by Gasteiger charge is 2.19. The third-order valence-electron chi connectivity index (χ3n) is 3.09. The van der Waals surface area contributed by atoms with Crippen molar-refractivity contribution in [1.29, 1.82) is 0 Å². The number of furan rings is 1. The van der Waals surface area contributed by atoms with E-state index in [-0.39, 0.29) is 18.7 Å². The van der Waals surface area contributed by atoms with Crippen molar-refractivity contribution >= 4 is 23.2 Å². The van der Waals surface area contributed by atoms with Crippen molar-refractivity contribution in [2.75, 3.05) is 0 Å². The van der Waals surface area contributed by atoms with E-state index in [2.05, 4.69) is 10.3 Å². The molecule has 2 aromatic heterocycles. The van der Waals surface area contributed by atoms with Gasteiger partial charge in [0.05, 0.1) is 12.1 Å². The number of thiazole rings is 1. The maximum Gasteiger partial charge on any atom is 0.326 e. The zero-order valence-corrected chi connectivity index (χ0v) is 13.7. The van der Waals surface area contributed by atoms with Gasteiger partial charge in [-0.15, -0.1) is 11.3 Å². The van der Waals surface area contributed by atoms with Crippen LogP contribution in [0.1, 0.15) is 24.8 Å². The van der Waals surface area contributed by atoms with Gasteiger partial charge in [0.1, 0.15) is 11.8 Å². The SMILES string of the molecule is C/C=C/CC(NC(=O)Cc1csc(-c2ccc(C)o2)n1)C(=O)O. The van der Waals surface area contributed by atoms with Gasteiger partial charge in [-0.2, -0.15) is 0 Å². The van der Waals surface area contributed by atoms with E-state index in [1.165, 1.54) is 11.3 Å². The monoisotopic (exact) mass is 334 g/mol. The van der Waals surface area contributed by atoms with E-state index in [0.717, 1.165) is 5.76 Å². The molecular formula is C16H18N2O4S. The molecule has 6 nitrogen and oxygen atoms in total. The number of nitrogens with zero attached hydrogens (tertiary/aromatic N) is 1. The van der Waals surface area contributed by atoms with Crippen molar-refractivity contribution in [1.82, 2.24) is 10.3 Å². The molecule has 2 rings (SSSR count). The number of rotatable bonds is 7. The van der Waals surface area contributed by atoms with Crippen LogP contribution in [-0.4, -0.2) is 28.0 Å². The molecule has 0 fully saturated rings. The number of hydrogen-bond donors (Lipinski definition) is 2. The molecule has 2 N–H and O–H groups in total. The average Bonchev–Trinajstić information content (AvgIpc) is 3.12. The highest BCUT2D eigenvalue weighted by atomic mass is 32.1. The molecule has 0 aliphatic rings. The quantitative estimate of drug-likeness (QED) is 0.760. The summed E-state index contributed by atoms with van der Waals surface area (Å²) >= 11 is 1.38. The Bertz CT molecular complexity index is 717. The second kappa shape index (κ2) is 7.73. The van der Waals surface area contributed by atoms with Crippen molar-refractivity contribution in [2.24, 2.45) is 0 Å². The van der Waals surface area contributed by atoms with Gasteiger partial charge in [-0.1, -0.05) is 12.2 Å². The summed E-state index contributed by atoms with van der Waals surface area (Å²) in [6.45, 7) is 3.65. The van der Waals surface area contributed by atoms with E-state index in [9.17, 15) is 9.59 Å². The lowest BCUT2D eigenvalue weighted by Gasteiger charge is -2.11. The molecule has 122 valence electrons. The number of aliphatic carboxylic acids is 1. The Labute approximate surface area is 137 Å². The summed E-state index contributed by atoms with van der Waals surface area (Å²) in [6, 6.07) is 2.75. The normalized spacial score (nSPS) is 12.4. The lowest BCUT2D eigenvalue weighted by Crippen LogP contribution is -2.41. The Balaban J connectivity index is 1.97. The number of aromatic nitrogens is 1. The van der Waals surface area contributed by atoms with Crippen LogP contribution < -0.4 is 5.32 Å². The fraction of sp³-hybridized carbons (Fsp3) is 0.312. The largest absolute Gasteiger partial charge is 0.480 e. The first-order valence-electron chi connectivity index (χ1n) is 7.14. The second-order valence-electron chi connectivity index (χ2n) is 4.99. The molecule has 7 heteroatoms. The maximum absolute atomic E-state index is 12.0. The molecule has 0 aromatic carbocycles. The number of aryl methyl sites for hydroxylation is 1. The number of carbonyl (C=O) groups is 2. The van der Waals surface area contributed by atoms with Gasteiger partial charge in [0.15, 0.2) is 10.8 Å². The number of allylic oxidation sites excluding steroid dienone is 1. The van der Waals surface area contributed by atoms with Gasteiger partial charge in [0.2, 0.25) is 5.91 Å². The van der Waals surface area contributed by atoms with Gasteiger partial charge in [-0.3, -0.25) is 4.79 Å². The summed E-state index contributed by atoms with van der Waals surface area (Å²) in [6.07, 6.45) is 3.75. The summed E-state index contributed by atoms with van der Waals surface area (Å²) < 4.78 is 5.49. The summed E-state index contributed by atoms with van der Waals surface area (Å²) in [5.41, 5.74) is 0.590. The number of hydrogen-bond acceptors (Lipinski definition) is 5. The van der Waals surface area contributed by atoms with Crippen molar-refractivity contribution < 1.29 is 19.1 Å². The Morgan fingerprint density at radius 2 is 2.26 bits per heavy atom. The average molecular weight is 334 g/mol. The fourth-order valence-corrected chi connectivity index (χ4v) is 2.73. The van der Waals surface area contributed by atoms with Crippen LogP contribution >= 0.6 is 11.3 Å². The third-order valence-corrected chi connectivity index (χ3v) is 3.99. The molecule has 0 aliphatic heterocycles. The van der Waals surface area contributed by atoms with E-state index in [1.54, 1.807) is 24.5 Å². The Kier molecular flexibility index (Phi) is 5.70. The minimum absolute atomic E-state index is 0.0375. The molecule has 1 unspecified atom stereocenters. The number of carboxylic acids is 1. The smallest absolute Gasteiger partial charge is 0.326 e. The van der Waals surface area contributed by atoms with Gasteiger partial charge in [-0.25, -0.2) is 9.78 Å². The van der Waals surface area contributed by atoms with Crippen LogP contribution in [0.15, 0.2) is 34.1 Å². The number of carboxylic acid groups (broad SMARTS) is 1. The highest BCUT2D eigenvalue weighted by molar-refractivity contribution is 7.13. The topological polar surface area (TPSA) is 92.4 Å². The summed E-state index contributed by atoms with van der Waals surface area (Å²) in [7, 11) is 0. The molecule has 0 saturated heterocycles. The molecule has 2 aromatic rings. The van der Waals surface area contributed by atoms with Crippen LogP contribution in [0.5, 0.6) is 0 Å². The molecule has 0 aliphatic carbocycles. The molecule has 2 heterocycles. The molecule has 23 heavy (non-hydrogen) atoms. The molecular weight excluding hydrogens is 316 g/mol. The van der Waals surface area contributed by atoms with Gasteiger partial charge >= 0.3 is 5.97 Å². The van der Waals surface area contributed by atoms with Crippen LogP contribution in [-0.2, 0) is 16.0 Å². The molecule has 0 saturated carbocycles. The lowest BCUT2D eigenvalue weighted by atomic mass is 10.2. The third kappa shape index (κ3) is 4.79. The zero-order chi connectivity index (χ0) is 16.8. The van der Waals surface area contributed by atoms with E-state index < -0.39 is 12.0 Å². The van der Waals surface area contributed by atoms with E-state index in [4.69, 9.17) is 9.52 Å². The minimum atomic E-state index is -1.05. The maximum atomic E-state index is 12.0. The van der Waals surface area contributed by atoms with Crippen LogP contribution in [0.3, 0.4) is 0 Å². The fourth-order valence-electron chi connectivity index (χ4n) is 1.95. The Hall–Kier alpha value is -2.41. The first-order valence-corrected chi connectivity index (χ1v) is 8.02. The van der Waals surface area contributed by atoms with Crippen molar-refractivity contribution in [3.05, 3.63) is 41.1 Å². The van der Waals surface area contributed by atoms with E-state index in [0.29, 0.717) is 16.5 Å². The first kappa shape index (κ1) is 17.0. The summed E-state index contributed by atoms with van der Waals surface area (Å²) in [4.78, 5) is 27.4. The molecule has 1 atom stereocenters.